The van der Waals surface area contributed by atoms with Crippen molar-refractivity contribution in [3.63, 3.8) is 0 Å². The van der Waals surface area contributed by atoms with Crippen LogP contribution in [0.15, 0.2) is 51.8 Å². The zero-order valence-corrected chi connectivity index (χ0v) is 14.9. The van der Waals surface area contributed by atoms with E-state index in [9.17, 15) is 9.18 Å². The van der Waals surface area contributed by atoms with E-state index >= 15 is 0 Å². The van der Waals surface area contributed by atoms with Crippen LogP contribution in [0.2, 0.25) is 0 Å². The van der Waals surface area contributed by atoms with Crippen LogP contribution in [-0.2, 0) is 6.54 Å². The summed E-state index contributed by atoms with van der Waals surface area (Å²) in [4.78, 5) is 21.2. The number of aryl methyl sites for hydroxylation is 2. The number of hydrogen-bond donors (Lipinski definition) is 0. The number of aromatic nitrogens is 4. The van der Waals surface area contributed by atoms with E-state index < -0.39 is 0 Å². The third-order valence-electron chi connectivity index (χ3n) is 4.33. The zero-order valence-electron chi connectivity index (χ0n) is 14.9. The van der Waals surface area contributed by atoms with Crippen LogP contribution in [0.3, 0.4) is 0 Å². The third kappa shape index (κ3) is 3.12. The highest BCUT2D eigenvalue weighted by Crippen LogP contribution is 2.24. The van der Waals surface area contributed by atoms with Crippen LogP contribution in [0.4, 0.5) is 4.39 Å². The molecule has 4 aromatic rings. The molecule has 6 nitrogen and oxygen atoms in total. The van der Waals surface area contributed by atoms with Gasteiger partial charge in [-0.2, -0.15) is 4.98 Å². The highest BCUT2D eigenvalue weighted by molar-refractivity contribution is 5.80. The molecule has 27 heavy (non-hydrogen) atoms. The molecule has 0 unspecified atom stereocenters. The van der Waals surface area contributed by atoms with Crippen molar-refractivity contribution < 1.29 is 8.91 Å². The fraction of sp³-hybridized carbons (Fsp3) is 0.200. The molecule has 0 fully saturated rings. The van der Waals surface area contributed by atoms with Crippen molar-refractivity contribution in [2.24, 2.45) is 0 Å². The van der Waals surface area contributed by atoms with Gasteiger partial charge >= 0.3 is 0 Å². The maximum Gasteiger partial charge on any atom is 0.272 e. The Kier molecular flexibility index (Phi) is 4.27. The smallest absolute Gasteiger partial charge is 0.272 e. The molecule has 0 radical (unpaired) electrons. The number of benzene rings is 2. The molecule has 4 rings (SSSR count). The first-order valence-corrected chi connectivity index (χ1v) is 8.68. The average molecular weight is 364 g/mol. The van der Waals surface area contributed by atoms with E-state index in [1.807, 2.05) is 25.1 Å². The standard InChI is InChI=1S/C20H17FN4O2/c1-3-10-25-17-9-6-14(11-16(17)22-12(2)20(25)26)18-23-19(27-24-18)13-4-7-15(21)8-5-13/h4-9,11H,3,10H2,1-2H3. The van der Waals surface area contributed by atoms with Crippen LogP contribution in [0.1, 0.15) is 19.0 Å². The van der Waals surface area contributed by atoms with Crippen LogP contribution in [0.25, 0.3) is 33.9 Å². The van der Waals surface area contributed by atoms with Gasteiger partial charge in [-0.05, 0) is 55.8 Å². The molecule has 0 amide bonds. The molecule has 0 spiro atoms. The van der Waals surface area contributed by atoms with Crippen molar-refractivity contribution in [2.45, 2.75) is 26.8 Å². The Hall–Kier alpha value is -3.35. The lowest BCUT2D eigenvalue weighted by molar-refractivity contribution is 0.432. The topological polar surface area (TPSA) is 73.8 Å². The molecule has 0 saturated carbocycles. The van der Waals surface area contributed by atoms with Crippen LogP contribution in [0.5, 0.6) is 0 Å². The fourth-order valence-corrected chi connectivity index (χ4v) is 3.01. The molecular formula is C20H17FN4O2. The molecule has 0 aliphatic rings. The number of hydrogen-bond acceptors (Lipinski definition) is 5. The van der Waals surface area contributed by atoms with E-state index in [1.165, 1.54) is 12.1 Å². The number of fused-ring (bicyclic) bond motifs is 1. The summed E-state index contributed by atoms with van der Waals surface area (Å²) in [5.74, 6) is 0.390. The largest absolute Gasteiger partial charge is 0.334 e. The van der Waals surface area contributed by atoms with Crippen molar-refractivity contribution in [1.29, 1.82) is 0 Å². The van der Waals surface area contributed by atoms with Crippen molar-refractivity contribution in [1.82, 2.24) is 19.7 Å². The number of rotatable bonds is 4. The quantitative estimate of drug-likeness (QED) is 0.548. The Bertz CT molecular complexity index is 1180. The molecule has 2 heterocycles. The summed E-state index contributed by atoms with van der Waals surface area (Å²) < 4.78 is 20.1. The molecule has 7 heteroatoms. The second-order valence-corrected chi connectivity index (χ2v) is 6.29. The van der Waals surface area contributed by atoms with Gasteiger partial charge in [-0.15, -0.1) is 0 Å². The first-order valence-electron chi connectivity index (χ1n) is 8.68. The molecule has 136 valence electrons. The molecule has 0 N–H and O–H groups in total. The Morgan fingerprint density at radius 2 is 1.81 bits per heavy atom. The first kappa shape index (κ1) is 17.1. The van der Waals surface area contributed by atoms with Gasteiger partial charge in [-0.3, -0.25) is 4.79 Å². The summed E-state index contributed by atoms with van der Waals surface area (Å²) in [6.07, 6.45) is 0.853. The van der Waals surface area contributed by atoms with Gasteiger partial charge in [0.15, 0.2) is 0 Å². The summed E-state index contributed by atoms with van der Waals surface area (Å²) in [6.45, 7) is 4.37. The summed E-state index contributed by atoms with van der Waals surface area (Å²) in [5.41, 5.74) is 3.23. The van der Waals surface area contributed by atoms with Gasteiger partial charge in [0.2, 0.25) is 5.82 Å². The minimum absolute atomic E-state index is 0.0738. The van der Waals surface area contributed by atoms with Gasteiger partial charge in [0.05, 0.1) is 11.0 Å². The third-order valence-corrected chi connectivity index (χ3v) is 4.33. The van der Waals surface area contributed by atoms with E-state index in [4.69, 9.17) is 4.52 Å². The Morgan fingerprint density at radius 3 is 2.56 bits per heavy atom. The normalized spacial score (nSPS) is 11.2. The molecule has 2 aromatic carbocycles. The van der Waals surface area contributed by atoms with E-state index in [0.717, 1.165) is 17.5 Å². The average Bonchev–Trinajstić information content (AvgIpc) is 3.16. The van der Waals surface area contributed by atoms with Crippen LogP contribution >= 0.6 is 0 Å². The Morgan fingerprint density at radius 1 is 1.07 bits per heavy atom. The molecule has 2 aromatic heterocycles. The minimum Gasteiger partial charge on any atom is -0.334 e. The van der Waals surface area contributed by atoms with Gasteiger partial charge in [0.25, 0.3) is 11.4 Å². The summed E-state index contributed by atoms with van der Waals surface area (Å²) in [5, 5.41) is 4.01. The van der Waals surface area contributed by atoms with Crippen molar-refractivity contribution in [2.75, 3.05) is 0 Å². The molecule has 0 saturated heterocycles. The zero-order chi connectivity index (χ0) is 19.0. The van der Waals surface area contributed by atoms with E-state index in [1.54, 1.807) is 23.6 Å². The lowest BCUT2D eigenvalue weighted by atomic mass is 10.1. The number of nitrogens with zero attached hydrogens (tertiary/aromatic N) is 4. The van der Waals surface area contributed by atoms with Crippen molar-refractivity contribution in [3.8, 4) is 22.8 Å². The monoisotopic (exact) mass is 364 g/mol. The first-order chi connectivity index (χ1) is 13.1. The van der Waals surface area contributed by atoms with Crippen molar-refractivity contribution in [3.05, 3.63) is 64.3 Å². The van der Waals surface area contributed by atoms with E-state index in [-0.39, 0.29) is 11.4 Å². The molecule has 0 aliphatic carbocycles. The van der Waals surface area contributed by atoms with Crippen LogP contribution < -0.4 is 5.56 Å². The number of halogens is 1. The van der Waals surface area contributed by atoms with Crippen LogP contribution in [0, 0.1) is 12.7 Å². The predicted molar refractivity (Wildman–Crippen MR) is 99.7 cm³/mol. The van der Waals surface area contributed by atoms with Gasteiger partial charge in [-0.25, -0.2) is 9.37 Å². The highest BCUT2D eigenvalue weighted by atomic mass is 19.1. The molecule has 0 bridgehead atoms. The fourth-order valence-electron chi connectivity index (χ4n) is 3.01. The Labute approximate surface area is 154 Å². The van der Waals surface area contributed by atoms with E-state index in [2.05, 4.69) is 15.1 Å². The summed E-state index contributed by atoms with van der Waals surface area (Å²) in [6, 6.07) is 11.4. The predicted octanol–water partition coefficient (Wildman–Crippen LogP) is 3.97. The highest BCUT2D eigenvalue weighted by Gasteiger charge is 2.13. The minimum atomic E-state index is -0.326. The maximum absolute atomic E-state index is 13.1. The maximum atomic E-state index is 13.1. The van der Waals surface area contributed by atoms with Crippen LogP contribution in [-0.4, -0.2) is 19.7 Å². The van der Waals surface area contributed by atoms with Crippen molar-refractivity contribution >= 4 is 11.0 Å². The lowest BCUT2D eigenvalue weighted by Crippen LogP contribution is -2.24. The SMILES string of the molecule is CCCn1c(=O)c(C)nc2cc(-c3noc(-c4ccc(F)cc4)n3)ccc21. The van der Waals surface area contributed by atoms with Gasteiger partial charge < -0.3 is 9.09 Å². The molecule has 0 aliphatic heterocycles. The van der Waals surface area contributed by atoms with Gasteiger partial charge in [0, 0.05) is 17.7 Å². The summed E-state index contributed by atoms with van der Waals surface area (Å²) >= 11 is 0. The van der Waals surface area contributed by atoms with E-state index in [0.29, 0.717) is 35.0 Å². The van der Waals surface area contributed by atoms with Gasteiger partial charge in [-0.1, -0.05) is 12.1 Å². The Balaban J connectivity index is 1.78. The lowest BCUT2D eigenvalue weighted by Gasteiger charge is -2.10. The second-order valence-electron chi connectivity index (χ2n) is 6.29. The molecule has 0 atom stereocenters. The molecular weight excluding hydrogens is 347 g/mol. The second kappa shape index (κ2) is 6.75. The van der Waals surface area contributed by atoms with Gasteiger partial charge in [0.1, 0.15) is 11.5 Å². The summed E-state index contributed by atoms with van der Waals surface area (Å²) in [7, 11) is 0.